The van der Waals surface area contributed by atoms with Crippen LogP contribution in [-0.2, 0) is 23.7 Å². The van der Waals surface area contributed by atoms with E-state index in [0.29, 0.717) is 6.42 Å². The van der Waals surface area contributed by atoms with Crippen LogP contribution in [0.25, 0.3) is 0 Å². The molecule has 2 saturated heterocycles. The van der Waals surface area contributed by atoms with Gasteiger partial charge in [-0.25, -0.2) is 0 Å². The van der Waals surface area contributed by atoms with Crippen molar-refractivity contribution in [1.82, 2.24) is 5.32 Å². The minimum Gasteiger partial charge on any atom is -0.394 e. The molecule has 0 aromatic rings. The van der Waals surface area contributed by atoms with Gasteiger partial charge in [-0.3, -0.25) is 4.79 Å². The Morgan fingerprint density at radius 2 is 0.861 bits per heavy atom. The number of aliphatic hydroxyl groups excluding tert-OH is 8. The molecule has 12 unspecified atom stereocenters. The van der Waals surface area contributed by atoms with E-state index in [1.54, 1.807) is 6.08 Å². The van der Waals surface area contributed by atoms with Crippen LogP contribution in [0.5, 0.6) is 0 Å². The zero-order valence-corrected chi connectivity index (χ0v) is 45.7. The molecule has 72 heavy (non-hydrogen) atoms. The SMILES string of the molecule is CCCCCCCCCCCCCCC/C=C/C(O)C(COC1OC(CO)C(OC2OC(CO)C(O)C(O)C2O)C(O)C1O)NC(=O)CCCCCCCCCCCCCCCCCCCCCCCCC. The van der Waals surface area contributed by atoms with Gasteiger partial charge in [-0.2, -0.15) is 0 Å². The summed E-state index contributed by atoms with van der Waals surface area (Å²) in [4.78, 5) is 13.2. The van der Waals surface area contributed by atoms with Crippen LogP contribution in [0.3, 0.4) is 0 Å². The number of unbranched alkanes of at least 4 members (excludes halogenated alkanes) is 35. The first kappa shape index (κ1) is 66.8. The molecule has 2 rings (SSSR count). The van der Waals surface area contributed by atoms with Crippen LogP contribution in [0.2, 0.25) is 0 Å². The van der Waals surface area contributed by atoms with Gasteiger partial charge in [0.05, 0.1) is 32.0 Å². The number of carbonyl (C=O) groups excluding carboxylic acids is 1. The Kier molecular flexibility index (Phi) is 41.6. The van der Waals surface area contributed by atoms with Crippen LogP contribution in [0.1, 0.15) is 258 Å². The third-order valence-electron chi connectivity index (χ3n) is 15.0. The van der Waals surface area contributed by atoms with E-state index in [4.69, 9.17) is 18.9 Å². The van der Waals surface area contributed by atoms with Crippen molar-refractivity contribution in [1.29, 1.82) is 0 Å². The van der Waals surface area contributed by atoms with Gasteiger partial charge in [-0.1, -0.05) is 244 Å². The lowest BCUT2D eigenvalue weighted by Gasteiger charge is -2.46. The number of hydrogen-bond acceptors (Lipinski definition) is 13. The summed E-state index contributed by atoms with van der Waals surface area (Å²) in [7, 11) is 0. The Hall–Kier alpha value is -1.27. The summed E-state index contributed by atoms with van der Waals surface area (Å²) in [6.45, 7) is 2.82. The number of hydrogen-bond donors (Lipinski definition) is 9. The molecule has 0 saturated carbocycles. The van der Waals surface area contributed by atoms with Gasteiger partial charge in [0.2, 0.25) is 5.91 Å². The number of ether oxygens (including phenoxy) is 4. The highest BCUT2D eigenvalue weighted by atomic mass is 16.7. The van der Waals surface area contributed by atoms with Gasteiger partial charge in [0.1, 0.15) is 48.8 Å². The molecule has 0 radical (unpaired) electrons. The molecule has 2 aliphatic heterocycles. The van der Waals surface area contributed by atoms with Crippen molar-refractivity contribution in [2.75, 3.05) is 19.8 Å². The van der Waals surface area contributed by atoms with Crippen LogP contribution in [0.15, 0.2) is 12.2 Å². The molecule has 0 spiro atoms. The van der Waals surface area contributed by atoms with Gasteiger partial charge in [-0.15, -0.1) is 0 Å². The second-order valence-corrected chi connectivity index (χ2v) is 21.5. The fraction of sp³-hybridized carbons (Fsp3) is 0.948. The molecule has 2 heterocycles. The quantitative estimate of drug-likeness (QED) is 0.0205. The highest BCUT2D eigenvalue weighted by Gasteiger charge is 2.51. The summed E-state index contributed by atoms with van der Waals surface area (Å²) < 4.78 is 22.8. The third kappa shape index (κ3) is 30.5. The van der Waals surface area contributed by atoms with Crippen molar-refractivity contribution < 1.29 is 64.6 Å². The summed E-state index contributed by atoms with van der Waals surface area (Å²) in [6.07, 6.45) is 33.9. The minimum atomic E-state index is -1.78. The molecule has 2 aliphatic rings. The first-order chi connectivity index (χ1) is 35.1. The number of nitrogens with one attached hydrogen (secondary N) is 1. The highest BCUT2D eigenvalue weighted by Crippen LogP contribution is 2.30. The lowest BCUT2D eigenvalue weighted by molar-refractivity contribution is -0.359. The van der Waals surface area contributed by atoms with Crippen molar-refractivity contribution in [3.8, 4) is 0 Å². The van der Waals surface area contributed by atoms with Crippen molar-refractivity contribution in [2.24, 2.45) is 0 Å². The summed E-state index contributed by atoms with van der Waals surface area (Å²) >= 11 is 0. The predicted molar refractivity (Wildman–Crippen MR) is 286 cm³/mol. The molecule has 12 atom stereocenters. The maximum absolute atomic E-state index is 13.2. The van der Waals surface area contributed by atoms with Crippen molar-refractivity contribution in [2.45, 2.75) is 331 Å². The van der Waals surface area contributed by atoms with Gasteiger partial charge >= 0.3 is 0 Å². The average Bonchev–Trinajstić information content (AvgIpc) is 3.38. The zero-order chi connectivity index (χ0) is 52.4. The number of aliphatic hydroxyl groups is 8. The first-order valence-corrected chi connectivity index (χ1v) is 29.9. The van der Waals surface area contributed by atoms with Crippen molar-refractivity contribution >= 4 is 5.91 Å². The average molecular weight is 1030 g/mol. The van der Waals surface area contributed by atoms with Gasteiger partial charge < -0.3 is 65.1 Å². The predicted octanol–water partition coefficient (Wildman–Crippen LogP) is 9.89. The van der Waals surface area contributed by atoms with E-state index in [0.717, 1.165) is 38.5 Å². The van der Waals surface area contributed by atoms with E-state index in [1.165, 1.54) is 193 Å². The van der Waals surface area contributed by atoms with Gasteiger partial charge in [0, 0.05) is 6.42 Å². The normalized spacial score (nSPS) is 25.6. The molecule has 9 N–H and O–H groups in total. The molecular weight excluding hydrogens is 919 g/mol. The Bertz CT molecular complexity index is 1260. The maximum Gasteiger partial charge on any atom is 0.220 e. The molecule has 2 fully saturated rings. The van der Waals surface area contributed by atoms with Gasteiger partial charge in [0.25, 0.3) is 0 Å². The maximum atomic E-state index is 13.2. The summed E-state index contributed by atoms with van der Waals surface area (Å²) in [5.41, 5.74) is 0. The fourth-order valence-corrected chi connectivity index (χ4v) is 10.1. The topological polar surface area (TPSA) is 228 Å². The Balaban J connectivity index is 1.74. The molecule has 0 bridgehead atoms. The smallest absolute Gasteiger partial charge is 0.220 e. The molecule has 0 aromatic heterocycles. The summed E-state index contributed by atoms with van der Waals surface area (Å²) in [6, 6.07) is -0.909. The monoisotopic (exact) mass is 1030 g/mol. The molecule has 14 heteroatoms. The zero-order valence-electron chi connectivity index (χ0n) is 45.7. The Labute approximate surface area is 437 Å². The largest absolute Gasteiger partial charge is 0.394 e. The molecular formula is C58H111NO13. The van der Waals surface area contributed by atoms with Crippen molar-refractivity contribution in [3.05, 3.63) is 12.2 Å². The van der Waals surface area contributed by atoms with Gasteiger partial charge in [0.15, 0.2) is 12.6 Å². The van der Waals surface area contributed by atoms with Crippen LogP contribution >= 0.6 is 0 Å². The fourth-order valence-electron chi connectivity index (χ4n) is 10.1. The van der Waals surface area contributed by atoms with Crippen molar-refractivity contribution in [3.63, 3.8) is 0 Å². The molecule has 14 nitrogen and oxygen atoms in total. The number of allylic oxidation sites excluding steroid dienone is 1. The van der Waals surface area contributed by atoms with Crippen LogP contribution in [0.4, 0.5) is 0 Å². The van der Waals surface area contributed by atoms with Crippen LogP contribution in [-0.4, -0.2) is 140 Å². The number of carbonyl (C=O) groups is 1. The molecule has 0 aromatic carbocycles. The van der Waals surface area contributed by atoms with E-state index in [2.05, 4.69) is 19.2 Å². The Morgan fingerprint density at radius 1 is 0.486 bits per heavy atom. The molecule has 0 aliphatic carbocycles. The van der Waals surface area contributed by atoms with E-state index in [-0.39, 0.29) is 18.9 Å². The molecule has 1 amide bonds. The highest BCUT2D eigenvalue weighted by molar-refractivity contribution is 5.76. The molecule has 426 valence electrons. The minimum absolute atomic E-state index is 0.234. The summed E-state index contributed by atoms with van der Waals surface area (Å²) in [5, 5.41) is 87.0. The van der Waals surface area contributed by atoms with Gasteiger partial charge in [-0.05, 0) is 19.3 Å². The lowest BCUT2D eigenvalue weighted by Crippen LogP contribution is -2.65. The Morgan fingerprint density at radius 3 is 1.28 bits per heavy atom. The second-order valence-electron chi connectivity index (χ2n) is 21.5. The van der Waals surface area contributed by atoms with Crippen LogP contribution in [0, 0.1) is 0 Å². The lowest BCUT2D eigenvalue weighted by atomic mass is 9.97. The standard InChI is InChI=1S/C58H111NO13/c1-3-5-7-9-11-13-15-17-19-20-21-22-23-24-25-26-28-30-32-34-36-38-40-42-50(63)59-46(47(62)41-39-37-35-33-31-29-27-18-16-14-12-10-8-6-4-2)45-69-57-55(68)53(66)56(49(44-61)71-57)72-58-54(67)52(65)51(64)48(43-60)70-58/h39,41,46-49,51-58,60-62,64-68H,3-38,40,42-45H2,1-2H3,(H,59,63)/b41-39+. The van der Waals surface area contributed by atoms with Crippen LogP contribution < -0.4 is 5.32 Å². The third-order valence-corrected chi connectivity index (χ3v) is 15.0. The first-order valence-electron chi connectivity index (χ1n) is 29.9. The van der Waals surface area contributed by atoms with E-state index in [1.807, 2.05) is 6.08 Å². The summed E-state index contributed by atoms with van der Waals surface area (Å²) in [5.74, 6) is -0.234. The van der Waals surface area contributed by atoms with E-state index >= 15 is 0 Å². The second kappa shape index (κ2) is 44.8. The number of rotatable bonds is 48. The van der Waals surface area contributed by atoms with E-state index in [9.17, 15) is 45.6 Å². The van der Waals surface area contributed by atoms with E-state index < -0.39 is 86.8 Å². The number of amides is 1.